The molecule has 1 aromatic rings. The number of hydrogen-bond donors (Lipinski definition) is 1. The van der Waals surface area contributed by atoms with Crippen molar-refractivity contribution in [3.8, 4) is 0 Å². The molecule has 1 aromatic heterocycles. The molecule has 21 heavy (non-hydrogen) atoms. The summed E-state index contributed by atoms with van der Waals surface area (Å²) in [5.41, 5.74) is -0.0206. The molecule has 0 aliphatic carbocycles. The Balaban J connectivity index is 2.03. The van der Waals surface area contributed by atoms with Crippen LogP contribution in [0.5, 0.6) is 0 Å². The molecule has 8 nitrogen and oxygen atoms in total. The Hall–Kier alpha value is -2.20. The first-order valence-corrected chi connectivity index (χ1v) is 8.31. The SMILES string of the molecule is CS(=O)(=O)C1=NN2C(=N)/C(=C\c3ccco3)C(=O)N=C2S1. The average molecular weight is 324 g/mol. The minimum Gasteiger partial charge on any atom is -0.465 e. The number of amides is 1. The Morgan fingerprint density at radius 1 is 1.48 bits per heavy atom. The van der Waals surface area contributed by atoms with Crippen LogP contribution in [0.15, 0.2) is 38.5 Å². The van der Waals surface area contributed by atoms with Gasteiger partial charge in [-0.05, 0) is 30.0 Å². The number of nitrogens with zero attached hydrogens (tertiary/aromatic N) is 3. The molecule has 0 spiro atoms. The highest BCUT2D eigenvalue weighted by atomic mass is 32.3. The molecule has 1 amide bonds. The van der Waals surface area contributed by atoms with Crippen LogP contribution in [0.1, 0.15) is 5.76 Å². The zero-order valence-corrected chi connectivity index (χ0v) is 12.2. The lowest BCUT2D eigenvalue weighted by Crippen LogP contribution is -2.35. The van der Waals surface area contributed by atoms with Crippen LogP contribution in [-0.2, 0) is 14.6 Å². The highest BCUT2D eigenvalue weighted by Gasteiger charge is 2.38. The Morgan fingerprint density at radius 3 is 2.86 bits per heavy atom. The number of thioether (sulfide) groups is 1. The van der Waals surface area contributed by atoms with Crippen molar-refractivity contribution < 1.29 is 17.6 Å². The van der Waals surface area contributed by atoms with E-state index in [1.807, 2.05) is 0 Å². The molecule has 3 heterocycles. The van der Waals surface area contributed by atoms with Gasteiger partial charge < -0.3 is 4.42 Å². The molecule has 0 saturated carbocycles. The van der Waals surface area contributed by atoms with E-state index in [1.165, 1.54) is 12.3 Å². The van der Waals surface area contributed by atoms with Crippen molar-refractivity contribution in [3.63, 3.8) is 0 Å². The van der Waals surface area contributed by atoms with Gasteiger partial charge >= 0.3 is 0 Å². The van der Waals surface area contributed by atoms with Gasteiger partial charge in [0.15, 0.2) is 5.84 Å². The molecule has 3 rings (SSSR count). The first kappa shape index (κ1) is 13.8. The van der Waals surface area contributed by atoms with Gasteiger partial charge in [0, 0.05) is 6.26 Å². The number of fused-ring (bicyclic) bond motifs is 1. The maximum Gasteiger partial charge on any atom is 0.283 e. The molecule has 0 bridgehead atoms. The second-order valence-electron chi connectivity index (χ2n) is 4.17. The molecule has 2 aliphatic rings. The van der Waals surface area contributed by atoms with Gasteiger partial charge in [0.05, 0.1) is 11.8 Å². The quantitative estimate of drug-likeness (QED) is 0.767. The zero-order valence-electron chi connectivity index (χ0n) is 10.6. The number of nitrogens with one attached hydrogen (secondary N) is 1. The molecule has 0 atom stereocenters. The molecule has 0 radical (unpaired) electrons. The van der Waals surface area contributed by atoms with E-state index in [4.69, 9.17) is 9.83 Å². The van der Waals surface area contributed by atoms with Crippen molar-refractivity contribution in [3.05, 3.63) is 29.7 Å². The van der Waals surface area contributed by atoms with Gasteiger partial charge in [0.2, 0.25) is 19.4 Å². The Kier molecular flexibility index (Phi) is 3.06. The molecule has 0 saturated heterocycles. The summed E-state index contributed by atoms with van der Waals surface area (Å²) in [6.45, 7) is 0. The number of rotatable bonds is 1. The van der Waals surface area contributed by atoms with Crippen LogP contribution < -0.4 is 0 Å². The van der Waals surface area contributed by atoms with Crippen molar-refractivity contribution in [1.29, 1.82) is 5.41 Å². The molecule has 10 heteroatoms. The Bertz CT molecular complexity index is 834. The number of furan rings is 1. The van der Waals surface area contributed by atoms with Gasteiger partial charge in [-0.25, -0.2) is 8.42 Å². The first-order valence-electron chi connectivity index (χ1n) is 5.60. The predicted octanol–water partition coefficient (Wildman–Crippen LogP) is 0.901. The number of hydrazone groups is 1. The largest absolute Gasteiger partial charge is 0.465 e. The molecular weight excluding hydrogens is 316 g/mol. The maximum atomic E-state index is 12.0. The molecule has 108 valence electrons. The molecule has 0 aromatic carbocycles. The van der Waals surface area contributed by atoms with E-state index in [2.05, 4.69) is 10.1 Å². The van der Waals surface area contributed by atoms with Crippen LogP contribution in [0, 0.1) is 5.41 Å². The summed E-state index contributed by atoms with van der Waals surface area (Å²) in [4.78, 5) is 15.7. The van der Waals surface area contributed by atoms with E-state index in [1.54, 1.807) is 12.1 Å². The second kappa shape index (κ2) is 4.67. The highest BCUT2D eigenvalue weighted by Crippen LogP contribution is 2.29. The zero-order chi connectivity index (χ0) is 15.2. The number of aliphatic imine (C=N–C) groups is 1. The van der Waals surface area contributed by atoms with Gasteiger partial charge in [-0.15, -0.1) is 5.10 Å². The van der Waals surface area contributed by atoms with Gasteiger partial charge in [0.25, 0.3) is 5.91 Å². The van der Waals surface area contributed by atoms with Crippen LogP contribution in [0.2, 0.25) is 0 Å². The second-order valence-corrected chi connectivity index (χ2v) is 7.32. The third kappa shape index (κ3) is 2.43. The van der Waals surface area contributed by atoms with E-state index < -0.39 is 15.7 Å². The number of amidine groups is 2. The van der Waals surface area contributed by atoms with E-state index >= 15 is 0 Å². The maximum absolute atomic E-state index is 12.0. The molecule has 0 unspecified atom stereocenters. The van der Waals surface area contributed by atoms with Crippen LogP contribution in [-0.4, -0.2) is 41.0 Å². The van der Waals surface area contributed by atoms with E-state index in [-0.39, 0.29) is 21.0 Å². The molecule has 2 aliphatic heterocycles. The lowest BCUT2D eigenvalue weighted by atomic mass is 10.1. The predicted molar refractivity (Wildman–Crippen MR) is 78.6 cm³/mol. The molecular formula is C11H8N4O4S2. The highest BCUT2D eigenvalue weighted by molar-refractivity contribution is 8.42. The fourth-order valence-electron chi connectivity index (χ4n) is 1.64. The normalized spacial score (nSPS) is 20.6. The van der Waals surface area contributed by atoms with E-state index in [9.17, 15) is 13.2 Å². The third-order valence-corrected chi connectivity index (χ3v) is 5.16. The fourth-order valence-corrected chi connectivity index (χ4v) is 3.32. The lowest BCUT2D eigenvalue weighted by molar-refractivity contribution is -0.114. The van der Waals surface area contributed by atoms with Gasteiger partial charge in [-0.2, -0.15) is 10.0 Å². The summed E-state index contributed by atoms with van der Waals surface area (Å²) in [6.07, 6.45) is 3.80. The Morgan fingerprint density at radius 2 is 2.24 bits per heavy atom. The number of sulfone groups is 1. The minimum atomic E-state index is -3.52. The average Bonchev–Trinajstić information content (AvgIpc) is 3.02. The topological polar surface area (TPSA) is 116 Å². The van der Waals surface area contributed by atoms with Crippen molar-refractivity contribution in [2.24, 2.45) is 10.1 Å². The number of hydrogen-bond acceptors (Lipinski definition) is 7. The summed E-state index contributed by atoms with van der Waals surface area (Å²) in [6, 6.07) is 3.26. The minimum absolute atomic E-state index is 0.0206. The van der Waals surface area contributed by atoms with Crippen molar-refractivity contribution in [2.45, 2.75) is 0 Å². The van der Waals surface area contributed by atoms with Crippen molar-refractivity contribution in [2.75, 3.05) is 6.26 Å². The van der Waals surface area contributed by atoms with Crippen molar-refractivity contribution >= 4 is 49.0 Å². The van der Waals surface area contributed by atoms with E-state index in [0.717, 1.165) is 23.0 Å². The van der Waals surface area contributed by atoms with Gasteiger partial charge in [-0.1, -0.05) is 0 Å². The smallest absolute Gasteiger partial charge is 0.283 e. The summed E-state index contributed by atoms with van der Waals surface area (Å²) in [5.74, 6) is -0.492. The third-order valence-electron chi connectivity index (χ3n) is 2.58. The van der Waals surface area contributed by atoms with Crippen LogP contribution in [0.3, 0.4) is 0 Å². The van der Waals surface area contributed by atoms with Crippen LogP contribution in [0.4, 0.5) is 0 Å². The summed E-state index contributed by atoms with van der Waals surface area (Å²) in [7, 11) is -3.52. The van der Waals surface area contributed by atoms with Crippen LogP contribution >= 0.6 is 11.8 Å². The molecule has 0 fully saturated rings. The fraction of sp³-hybridized carbons (Fsp3) is 0.0909. The lowest BCUT2D eigenvalue weighted by Gasteiger charge is -2.19. The van der Waals surface area contributed by atoms with E-state index in [0.29, 0.717) is 5.76 Å². The molecule has 1 N–H and O–H groups in total. The Labute approximate surface area is 123 Å². The standard InChI is InChI=1S/C11H8N4O4S2/c1-21(17,18)11-14-15-8(12)7(5-6-3-2-4-19-6)9(16)13-10(15)20-11/h2-5,12H,1H3/b7-5+,12-8?. The summed E-state index contributed by atoms with van der Waals surface area (Å²) >= 11 is 0.745. The number of carbonyl (C=O) groups is 1. The first-order chi connectivity index (χ1) is 9.86. The summed E-state index contributed by atoms with van der Waals surface area (Å²) < 4.78 is 27.9. The summed E-state index contributed by atoms with van der Waals surface area (Å²) in [5, 5.41) is 12.9. The van der Waals surface area contributed by atoms with Crippen LogP contribution in [0.25, 0.3) is 6.08 Å². The van der Waals surface area contributed by atoms with Gasteiger partial charge in [0.1, 0.15) is 5.76 Å². The van der Waals surface area contributed by atoms with Crippen molar-refractivity contribution in [1.82, 2.24) is 5.01 Å². The monoisotopic (exact) mass is 324 g/mol. The van der Waals surface area contributed by atoms with Gasteiger partial charge in [-0.3, -0.25) is 10.2 Å². The number of carbonyl (C=O) groups excluding carboxylic acids is 1.